The molecule has 2 unspecified atom stereocenters. The highest BCUT2D eigenvalue weighted by Gasteiger charge is 2.31. The van der Waals surface area contributed by atoms with Gasteiger partial charge in [-0.05, 0) is 44.0 Å². The van der Waals surface area contributed by atoms with Crippen LogP contribution in [0.5, 0.6) is 5.75 Å². The van der Waals surface area contributed by atoms with Gasteiger partial charge in [0.1, 0.15) is 5.75 Å². The third-order valence-electron chi connectivity index (χ3n) is 3.35. The molecule has 1 aromatic carbocycles. The maximum Gasteiger partial charge on any atom is 0.573 e. The maximum absolute atomic E-state index is 12.0. The average Bonchev–Trinajstić information content (AvgIpc) is 2.40. The number of ether oxygens (including phenoxy) is 1. The fourth-order valence-corrected chi connectivity index (χ4v) is 2.20. The van der Waals surface area contributed by atoms with Gasteiger partial charge in [0.25, 0.3) is 5.91 Å². The molecule has 1 saturated heterocycles. The summed E-state index contributed by atoms with van der Waals surface area (Å²) in [5.41, 5.74) is 0.308. The molecular weight excluding hydrogens is 285 g/mol. The lowest BCUT2D eigenvalue weighted by molar-refractivity contribution is -0.274. The molecule has 1 aromatic rings. The number of hydrogen-bond acceptors (Lipinski definition) is 3. The van der Waals surface area contributed by atoms with Crippen molar-refractivity contribution in [3.63, 3.8) is 0 Å². The van der Waals surface area contributed by atoms with E-state index < -0.39 is 6.36 Å². The van der Waals surface area contributed by atoms with Crippen molar-refractivity contribution in [2.75, 3.05) is 6.54 Å². The monoisotopic (exact) mass is 302 g/mol. The number of rotatable bonds is 3. The van der Waals surface area contributed by atoms with Gasteiger partial charge in [0.2, 0.25) is 0 Å². The predicted octanol–water partition coefficient (Wildman–Crippen LogP) is 2.46. The first kappa shape index (κ1) is 15.6. The Kier molecular flexibility index (Phi) is 4.72. The fourth-order valence-electron chi connectivity index (χ4n) is 2.20. The minimum absolute atomic E-state index is 0.0415. The first-order valence-corrected chi connectivity index (χ1v) is 6.73. The third-order valence-corrected chi connectivity index (χ3v) is 3.35. The molecule has 1 aliphatic heterocycles. The Labute approximate surface area is 120 Å². The summed E-state index contributed by atoms with van der Waals surface area (Å²) < 4.78 is 39.9. The van der Waals surface area contributed by atoms with Crippen molar-refractivity contribution in [2.24, 2.45) is 0 Å². The molecule has 0 aromatic heterocycles. The SMILES string of the molecule is CC1CCC(NC(=O)c2ccc(OC(F)(F)F)cc2)CN1. The van der Waals surface area contributed by atoms with Gasteiger partial charge in [-0.1, -0.05) is 0 Å². The Morgan fingerprint density at radius 2 is 1.95 bits per heavy atom. The van der Waals surface area contributed by atoms with E-state index >= 15 is 0 Å². The van der Waals surface area contributed by atoms with Crippen molar-refractivity contribution < 1.29 is 22.7 Å². The molecule has 0 spiro atoms. The molecule has 1 heterocycles. The quantitative estimate of drug-likeness (QED) is 0.902. The first-order valence-electron chi connectivity index (χ1n) is 6.73. The van der Waals surface area contributed by atoms with E-state index in [0.717, 1.165) is 25.0 Å². The van der Waals surface area contributed by atoms with Crippen LogP contribution in [0.1, 0.15) is 30.1 Å². The zero-order valence-electron chi connectivity index (χ0n) is 11.5. The van der Waals surface area contributed by atoms with E-state index in [0.29, 0.717) is 18.2 Å². The number of alkyl halides is 3. The Hall–Kier alpha value is -1.76. The van der Waals surface area contributed by atoms with Crippen molar-refractivity contribution in [3.05, 3.63) is 29.8 Å². The van der Waals surface area contributed by atoms with Crippen LogP contribution < -0.4 is 15.4 Å². The van der Waals surface area contributed by atoms with Gasteiger partial charge in [0.05, 0.1) is 0 Å². The highest BCUT2D eigenvalue weighted by atomic mass is 19.4. The Bertz CT molecular complexity index is 480. The topological polar surface area (TPSA) is 50.4 Å². The Morgan fingerprint density at radius 3 is 2.48 bits per heavy atom. The highest BCUT2D eigenvalue weighted by molar-refractivity contribution is 5.94. The molecule has 0 aliphatic carbocycles. The molecule has 0 radical (unpaired) electrons. The van der Waals surface area contributed by atoms with Gasteiger partial charge in [-0.3, -0.25) is 4.79 Å². The standard InChI is InChI=1S/C14H17F3N2O2/c1-9-2-5-11(8-18-9)19-13(20)10-3-6-12(7-4-10)21-14(15,16)17/h3-4,6-7,9,11,18H,2,5,8H2,1H3,(H,19,20). The largest absolute Gasteiger partial charge is 0.573 e. The molecular formula is C14H17F3N2O2. The summed E-state index contributed by atoms with van der Waals surface area (Å²) in [7, 11) is 0. The number of hydrogen-bond donors (Lipinski definition) is 2. The Morgan fingerprint density at radius 1 is 1.29 bits per heavy atom. The molecule has 1 fully saturated rings. The molecule has 116 valence electrons. The van der Waals surface area contributed by atoms with Gasteiger partial charge in [-0.15, -0.1) is 13.2 Å². The van der Waals surface area contributed by atoms with Crippen molar-refractivity contribution in [1.82, 2.24) is 10.6 Å². The van der Waals surface area contributed by atoms with Crippen LogP contribution in [0.15, 0.2) is 24.3 Å². The molecule has 7 heteroatoms. The van der Waals surface area contributed by atoms with E-state index in [2.05, 4.69) is 22.3 Å². The highest BCUT2D eigenvalue weighted by Crippen LogP contribution is 2.22. The van der Waals surface area contributed by atoms with Crippen molar-refractivity contribution >= 4 is 5.91 Å². The van der Waals surface area contributed by atoms with Crippen LogP contribution in [-0.4, -0.2) is 30.9 Å². The predicted molar refractivity (Wildman–Crippen MR) is 71.1 cm³/mol. The summed E-state index contributed by atoms with van der Waals surface area (Å²) in [5.74, 6) is -0.637. The lowest BCUT2D eigenvalue weighted by Crippen LogP contribution is -2.48. The second kappa shape index (κ2) is 6.34. The molecule has 0 bridgehead atoms. The minimum atomic E-state index is -4.73. The summed E-state index contributed by atoms with van der Waals surface area (Å²) in [5, 5.41) is 6.12. The molecule has 2 N–H and O–H groups in total. The molecule has 0 saturated carbocycles. The number of carbonyl (C=O) groups excluding carboxylic acids is 1. The van der Waals surface area contributed by atoms with E-state index in [1.807, 2.05) is 0 Å². The van der Waals surface area contributed by atoms with Crippen LogP contribution in [0.25, 0.3) is 0 Å². The molecule has 2 rings (SSSR count). The van der Waals surface area contributed by atoms with Gasteiger partial charge in [-0.2, -0.15) is 0 Å². The van der Waals surface area contributed by atoms with Crippen LogP contribution in [0, 0.1) is 0 Å². The van der Waals surface area contributed by atoms with E-state index in [1.54, 1.807) is 0 Å². The van der Waals surface area contributed by atoms with E-state index in [4.69, 9.17) is 0 Å². The van der Waals surface area contributed by atoms with Crippen molar-refractivity contribution in [2.45, 2.75) is 38.2 Å². The van der Waals surface area contributed by atoms with Crippen LogP contribution in [0.2, 0.25) is 0 Å². The van der Waals surface area contributed by atoms with Crippen LogP contribution in [0.3, 0.4) is 0 Å². The summed E-state index contributed by atoms with van der Waals surface area (Å²) in [4.78, 5) is 12.0. The zero-order chi connectivity index (χ0) is 15.5. The van der Waals surface area contributed by atoms with E-state index in [-0.39, 0.29) is 17.7 Å². The molecule has 4 nitrogen and oxygen atoms in total. The smallest absolute Gasteiger partial charge is 0.406 e. The number of halogens is 3. The number of piperidine rings is 1. The normalized spacial score (nSPS) is 22.7. The summed E-state index contributed by atoms with van der Waals surface area (Å²) in [6.45, 7) is 2.78. The van der Waals surface area contributed by atoms with Crippen LogP contribution in [0.4, 0.5) is 13.2 Å². The van der Waals surface area contributed by atoms with Gasteiger partial charge < -0.3 is 15.4 Å². The van der Waals surface area contributed by atoms with Gasteiger partial charge in [0, 0.05) is 24.2 Å². The molecule has 1 amide bonds. The second-order valence-corrected chi connectivity index (χ2v) is 5.13. The summed E-state index contributed by atoms with van der Waals surface area (Å²) in [6.07, 6.45) is -2.87. The van der Waals surface area contributed by atoms with Crippen molar-refractivity contribution in [3.8, 4) is 5.75 Å². The fraction of sp³-hybridized carbons (Fsp3) is 0.500. The van der Waals surface area contributed by atoms with Gasteiger partial charge in [-0.25, -0.2) is 0 Å². The number of carbonyl (C=O) groups is 1. The summed E-state index contributed by atoms with van der Waals surface area (Å²) >= 11 is 0. The van der Waals surface area contributed by atoms with E-state index in [1.165, 1.54) is 12.1 Å². The van der Waals surface area contributed by atoms with Crippen LogP contribution in [-0.2, 0) is 0 Å². The van der Waals surface area contributed by atoms with E-state index in [9.17, 15) is 18.0 Å². The second-order valence-electron chi connectivity index (χ2n) is 5.13. The lowest BCUT2D eigenvalue weighted by Gasteiger charge is -2.28. The van der Waals surface area contributed by atoms with Crippen LogP contribution >= 0.6 is 0 Å². The third kappa shape index (κ3) is 4.93. The molecule has 2 atom stereocenters. The number of benzene rings is 1. The number of amides is 1. The first-order chi connectivity index (χ1) is 9.83. The minimum Gasteiger partial charge on any atom is -0.406 e. The molecule has 1 aliphatic rings. The lowest BCUT2D eigenvalue weighted by atomic mass is 10.0. The van der Waals surface area contributed by atoms with Gasteiger partial charge in [0.15, 0.2) is 0 Å². The number of nitrogens with one attached hydrogen (secondary N) is 2. The zero-order valence-corrected chi connectivity index (χ0v) is 11.5. The maximum atomic E-state index is 12.0. The van der Waals surface area contributed by atoms with Crippen molar-refractivity contribution in [1.29, 1.82) is 0 Å². The Balaban J connectivity index is 1.91. The van der Waals surface area contributed by atoms with Gasteiger partial charge >= 0.3 is 6.36 Å². The molecule has 21 heavy (non-hydrogen) atoms. The average molecular weight is 302 g/mol. The summed E-state index contributed by atoms with van der Waals surface area (Å²) in [6, 6.07) is 5.37.